The number of esters is 1. The molecule has 1 aromatic rings. The fourth-order valence-corrected chi connectivity index (χ4v) is 2.05. The predicted molar refractivity (Wildman–Crippen MR) is 64.2 cm³/mol. The molecule has 3 nitrogen and oxygen atoms in total. The van der Waals surface area contributed by atoms with Crippen LogP contribution in [0.25, 0.3) is 0 Å². The van der Waals surface area contributed by atoms with Crippen molar-refractivity contribution < 1.29 is 18.3 Å². The zero-order valence-corrected chi connectivity index (χ0v) is 11.1. The Balaban J connectivity index is 3.20. The summed E-state index contributed by atoms with van der Waals surface area (Å²) in [7, 11) is 0. The molecule has 0 aliphatic heterocycles. The fraction of sp³-hybridized carbons (Fsp3) is 0.333. The molecule has 96 valence electrons. The van der Waals surface area contributed by atoms with E-state index in [0.717, 1.165) is 6.07 Å². The average Bonchev–Trinajstić information content (AvgIpc) is 2.31. The van der Waals surface area contributed by atoms with Crippen LogP contribution >= 0.6 is 15.9 Å². The van der Waals surface area contributed by atoms with Gasteiger partial charge in [0.1, 0.15) is 6.07 Å². The van der Waals surface area contributed by atoms with E-state index in [-0.39, 0.29) is 34.2 Å². The number of alkyl halides is 2. The van der Waals surface area contributed by atoms with E-state index >= 15 is 0 Å². The van der Waals surface area contributed by atoms with Gasteiger partial charge in [0.2, 0.25) is 0 Å². The van der Waals surface area contributed by atoms with Crippen molar-refractivity contribution in [2.75, 3.05) is 6.61 Å². The van der Waals surface area contributed by atoms with Gasteiger partial charge >= 0.3 is 5.97 Å². The van der Waals surface area contributed by atoms with E-state index in [1.54, 1.807) is 6.92 Å². The molecule has 0 saturated heterocycles. The minimum atomic E-state index is -2.71. The first-order valence-electron chi connectivity index (χ1n) is 5.16. The monoisotopic (exact) mass is 317 g/mol. The van der Waals surface area contributed by atoms with Crippen molar-refractivity contribution in [3.8, 4) is 6.07 Å². The number of nitrogens with zero attached hydrogens (tertiary/aromatic N) is 1. The van der Waals surface area contributed by atoms with Gasteiger partial charge < -0.3 is 4.74 Å². The van der Waals surface area contributed by atoms with Crippen LogP contribution in [0.4, 0.5) is 8.78 Å². The highest BCUT2D eigenvalue weighted by atomic mass is 79.9. The Hall–Kier alpha value is -1.48. The summed E-state index contributed by atoms with van der Waals surface area (Å²) in [6.07, 6.45) is -3.00. The minimum Gasteiger partial charge on any atom is -0.466 e. The van der Waals surface area contributed by atoms with Gasteiger partial charge in [0.05, 0.1) is 18.6 Å². The van der Waals surface area contributed by atoms with Crippen molar-refractivity contribution in [2.24, 2.45) is 0 Å². The molecule has 0 unspecified atom stereocenters. The second-order valence-corrected chi connectivity index (χ2v) is 4.18. The summed E-state index contributed by atoms with van der Waals surface area (Å²) >= 11 is 3.08. The van der Waals surface area contributed by atoms with Gasteiger partial charge in [0.15, 0.2) is 0 Å². The maximum absolute atomic E-state index is 12.8. The van der Waals surface area contributed by atoms with Crippen LogP contribution in [0.1, 0.15) is 30.0 Å². The summed E-state index contributed by atoms with van der Waals surface area (Å²) in [4.78, 5) is 11.4. The summed E-state index contributed by atoms with van der Waals surface area (Å²) in [5, 5.41) is 8.83. The van der Waals surface area contributed by atoms with Crippen LogP contribution in [0.3, 0.4) is 0 Å². The van der Waals surface area contributed by atoms with Crippen LogP contribution in [-0.2, 0) is 16.0 Å². The average molecular weight is 318 g/mol. The first kappa shape index (κ1) is 14.6. The summed E-state index contributed by atoms with van der Waals surface area (Å²) in [6.45, 7) is 1.81. The van der Waals surface area contributed by atoms with Crippen LogP contribution < -0.4 is 0 Å². The normalized spacial score (nSPS) is 10.2. The number of nitriles is 1. The quantitative estimate of drug-likeness (QED) is 0.800. The lowest BCUT2D eigenvalue weighted by Crippen LogP contribution is -2.10. The molecule has 0 saturated carbocycles. The molecule has 1 aromatic carbocycles. The third-order valence-electron chi connectivity index (χ3n) is 2.26. The molecule has 1 rings (SSSR count). The highest BCUT2D eigenvalue weighted by molar-refractivity contribution is 9.10. The molecular weight excluding hydrogens is 308 g/mol. The molecule has 0 amide bonds. The van der Waals surface area contributed by atoms with E-state index in [2.05, 4.69) is 15.9 Å². The van der Waals surface area contributed by atoms with Crippen LogP contribution in [0.2, 0.25) is 0 Å². The van der Waals surface area contributed by atoms with Crippen molar-refractivity contribution >= 4 is 21.9 Å². The molecule has 0 fully saturated rings. The van der Waals surface area contributed by atoms with Gasteiger partial charge in [0.25, 0.3) is 6.43 Å². The van der Waals surface area contributed by atoms with Gasteiger partial charge in [-0.3, -0.25) is 4.79 Å². The SMILES string of the molecule is CCOC(=O)Cc1c(C(F)F)ccc(C#N)c1Br. The Morgan fingerprint density at radius 2 is 2.22 bits per heavy atom. The zero-order chi connectivity index (χ0) is 13.7. The van der Waals surface area contributed by atoms with Crippen molar-refractivity contribution in [3.63, 3.8) is 0 Å². The van der Waals surface area contributed by atoms with E-state index in [9.17, 15) is 13.6 Å². The van der Waals surface area contributed by atoms with E-state index in [4.69, 9.17) is 10.00 Å². The first-order chi connectivity index (χ1) is 8.51. The number of carbonyl (C=O) groups excluding carboxylic acids is 1. The lowest BCUT2D eigenvalue weighted by atomic mass is 10.0. The van der Waals surface area contributed by atoms with Crippen molar-refractivity contribution in [3.05, 3.63) is 33.3 Å². The van der Waals surface area contributed by atoms with Crippen molar-refractivity contribution in [1.29, 1.82) is 5.26 Å². The fourth-order valence-electron chi connectivity index (χ4n) is 1.46. The summed E-state index contributed by atoms with van der Waals surface area (Å²) in [5.74, 6) is -0.602. The lowest BCUT2D eigenvalue weighted by Gasteiger charge is -2.11. The molecule has 0 aliphatic rings. The third kappa shape index (κ3) is 3.26. The van der Waals surface area contributed by atoms with Gasteiger partial charge in [0, 0.05) is 10.0 Å². The molecule has 18 heavy (non-hydrogen) atoms. The van der Waals surface area contributed by atoms with Gasteiger partial charge in [-0.15, -0.1) is 0 Å². The summed E-state index contributed by atoms with van der Waals surface area (Å²) < 4.78 is 30.6. The summed E-state index contributed by atoms with van der Waals surface area (Å²) in [5.41, 5.74) is 0.0372. The Kier molecular flexibility index (Phi) is 5.23. The molecule has 0 radical (unpaired) electrons. The predicted octanol–water partition coefficient (Wildman–Crippen LogP) is 3.36. The smallest absolute Gasteiger partial charge is 0.310 e. The van der Waals surface area contributed by atoms with Crippen LogP contribution in [0.15, 0.2) is 16.6 Å². The van der Waals surface area contributed by atoms with Gasteiger partial charge in [-0.2, -0.15) is 5.26 Å². The van der Waals surface area contributed by atoms with Gasteiger partial charge in [-0.05, 0) is 34.5 Å². The Morgan fingerprint density at radius 1 is 1.56 bits per heavy atom. The van der Waals surface area contributed by atoms with E-state index in [1.165, 1.54) is 6.07 Å². The summed E-state index contributed by atoms with van der Waals surface area (Å²) in [6, 6.07) is 4.31. The number of halogens is 3. The number of carbonyl (C=O) groups is 1. The number of hydrogen-bond acceptors (Lipinski definition) is 3. The largest absolute Gasteiger partial charge is 0.466 e. The topological polar surface area (TPSA) is 50.1 Å². The van der Waals surface area contributed by atoms with Crippen LogP contribution in [0.5, 0.6) is 0 Å². The molecule has 6 heteroatoms. The highest BCUT2D eigenvalue weighted by Crippen LogP contribution is 2.31. The molecule has 0 heterocycles. The third-order valence-corrected chi connectivity index (χ3v) is 3.17. The van der Waals surface area contributed by atoms with E-state index in [1.807, 2.05) is 6.07 Å². The molecule has 0 aromatic heterocycles. The minimum absolute atomic E-state index is 0.0995. The van der Waals surface area contributed by atoms with Crippen molar-refractivity contribution in [1.82, 2.24) is 0 Å². The number of hydrogen-bond donors (Lipinski definition) is 0. The van der Waals surface area contributed by atoms with Gasteiger partial charge in [-0.1, -0.05) is 6.07 Å². The number of ether oxygens (including phenoxy) is 1. The molecule has 0 N–H and O–H groups in total. The van der Waals surface area contributed by atoms with E-state index in [0.29, 0.717) is 0 Å². The maximum Gasteiger partial charge on any atom is 0.310 e. The van der Waals surface area contributed by atoms with Crippen LogP contribution in [0, 0.1) is 11.3 Å². The van der Waals surface area contributed by atoms with Crippen molar-refractivity contribution in [2.45, 2.75) is 19.8 Å². The van der Waals surface area contributed by atoms with Crippen LogP contribution in [-0.4, -0.2) is 12.6 Å². The van der Waals surface area contributed by atoms with Gasteiger partial charge in [-0.25, -0.2) is 8.78 Å². The Bertz CT molecular complexity index is 498. The Labute approximate surface area is 111 Å². The highest BCUT2D eigenvalue weighted by Gasteiger charge is 2.20. The molecular formula is C12H10BrF2NO2. The second-order valence-electron chi connectivity index (χ2n) is 3.39. The second kappa shape index (κ2) is 6.45. The number of rotatable bonds is 4. The standard InChI is InChI=1S/C12H10BrF2NO2/c1-2-18-10(17)5-9-8(12(14)15)4-3-7(6-16)11(9)13/h3-4,12H,2,5H2,1H3. The molecule has 0 spiro atoms. The molecule has 0 bridgehead atoms. The zero-order valence-electron chi connectivity index (χ0n) is 9.54. The molecule has 0 atom stereocenters. The number of benzene rings is 1. The first-order valence-corrected chi connectivity index (χ1v) is 5.95. The molecule has 0 aliphatic carbocycles. The van der Waals surface area contributed by atoms with E-state index < -0.39 is 12.4 Å². The Morgan fingerprint density at radius 3 is 2.72 bits per heavy atom. The lowest BCUT2D eigenvalue weighted by molar-refractivity contribution is -0.142. The maximum atomic E-state index is 12.8.